The molecule has 0 aliphatic carbocycles. The second-order valence-corrected chi connectivity index (χ2v) is 8.41. The summed E-state index contributed by atoms with van der Waals surface area (Å²) in [4.78, 5) is 26.9. The van der Waals surface area contributed by atoms with Crippen LogP contribution in [0.3, 0.4) is 0 Å². The first-order valence-corrected chi connectivity index (χ1v) is 11.5. The molecule has 0 aliphatic rings. The number of amides is 1. The average molecular weight is 489 g/mol. The Morgan fingerprint density at radius 1 is 0.865 bits per heavy atom. The standard InChI is InChI=1S/C29H20N4O4/c1-36-23-13-11-22(12-14-23)33-31-25-15-10-21(17-26(25)32-33)30-28(34)19-8-6-18(7-9-19)24-16-20-4-2-3-5-27(20)37-29(24)35/h2-17H,1H3,(H,30,34). The molecule has 4 aromatic carbocycles. The maximum atomic E-state index is 12.9. The summed E-state index contributed by atoms with van der Waals surface area (Å²) >= 11 is 0. The largest absolute Gasteiger partial charge is 0.497 e. The van der Waals surface area contributed by atoms with Crippen molar-refractivity contribution in [2.24, 2.45) is 0 Å². The number of aromatic nitrogens is 3. The van der Waals surface area contributed by atoms with Crippen molar-refractivity contribution in [3.8, 4) is 22.6 Å². The minimum atomic E-state index is -0.424. The number of nitrogens with one attached hydrogen (secondary N) is 1. The smallest absolute Gasteiger partial charge is 0.344 e. The molecule has 0 spiro atoms. The molecule has 0 atom stereocenters. The van der Waals surface area contributed by atoms with Crippen LogP contribution in [0, 0.1) is 0 Å². The van der Waals surface area contributed by atoms with Crippen LogP contribution in [0.5, 0.6) is 5.75 Å². The minimum Gasteiger partial charge on any atom is -0.497 e. The number of benzene rings is 4. The van der Waals surface area contributed by atoms with Gasteiger partial charge in [0.05, 0.1) is 18.4 Å². The number of carbonyl (C=O) groups is 1. The maximum absolute atomic E-state index is 12.9. The van der Waals surface area contributed by atoms with Crippen molar-refractivity contribution in [3.63, 3.8) is 0 Å². The number of hydrogen-bond donors (Lipinski definition) is 1. The third-order valence-corrected chi connectivity index (χ3v) is 6.04. The molecule has 37 heavy (non-hydrogen) atoms. The Balaban J connectivity index is 1.21. The Morgan fingerprint density at radius 2 is 1.62 bits per heavy atom. The molecule has 6 rings (SSSR count). The summed E-state index contributed by atoms with van der Waals surface area (Å²) in [5.74, 6) is 0.471. The number of para-hydroxylation sites is 1. The minimum absolute atomic E-state index is 0.279. The van der Waals surface area contributed by atoms with Gasteiger partial charge in [0.1, 0.15) is 22.4 Å². The van der Waals surface area contributed by atoms with Crippen LogP contribution in [0.4, 0.5) is 5.69 Å². The van der Waals surface area contributed by atoms with Gasteiger partial charge in [-0.1, -0.05) is 30.3 Å². The number of hydrogen-bond acceptors (Lipinski definition) is 6. The van der Waals surface area contributed by atoms with Gasteiger partial charge in [-0.3, -0.25) is 4.79 Å². The lowest BCUT2D eigenvalue weighted by atomic mass is 10.0. The van der Waals surface area contributed by atoms with E-state index in [1.54, 1.807) is 61.7 Å². The number of rotatable bonds is 5. The lowest BCUT2D eigenvalue weighted by molar-refractivity contribution is 0.102. The van der Waals surface area contributed by atoms with E-state index in [1.165, 1.54) is 4.80 Å². The maximum Gasteiger partial charge on any atom is 0.344 e. The molecule has 2 aromatic heterocycles. The highest BCUT2D eigenvalue weighted by Gasteiger charge is 2.12. The normalized spacial score (nSPS) is 11.1. The quantitative estimate of drug-likeness (QED) is 0.324. The Kier molecular flexibility index (Phi) is 5.46. The second kappa shape index (κ2) is 9.09. The fraction of sp³-hybridized carbons (Fsp3) is 0.0345. The molecule has 180 valence electrons. The van der Waals surface area contributed by atoms with Gasteiger partial charge in [-0.2, -0.15) is 4.80 Å². The molecule has 0 fully saturated rings. The summed E-state index contributed by atoms with van der Waals surface area (Å²) < 4.78 is 10.6. The van der Waals surface area contributed by atoms with Crippen LogP contribution in [0.2, 0.25) is 0 Å². The van der Waals surface area contributed by atoms with E-state index in [9.17, 15) is 9.59 Å². The first-order chi connectivity index (χ1) is 18.1. The number of nitrogens with zero attached hydrogens (tertiary/aromatic N) is 3. The zero-order valence-electron chi connectivity index (χ0n) is 19.7. The summed E-state index contributed by atoms with van der Waals surface area (Å²) in [6.07, 6.45) is 0. The van der Waals surface area contributed by atoms with Crippen molar-refractivity contribution in [2.45, 2.75) is 0 Å². The van der Waals surface area contributed by atoms with Gasteiger partial charge in [0, 0.05) is 16.6 Å². The molecule has 1 amide bonds. The third kappa shape index (κ3) is 4.32. The van der Waals surface area contributed by atoms with Crippen molar-refractivity contribution in [3.05, 3.63) is 113 Å². The van der Waals surface area contributed by atoms with Gasteiger partial charge < -0.3 is 14.5 Å². The molecular weight excluding hydrogens is 468 g/mol. The molecule has 0 saturated carbocycles. The van der Waals surface area contributed by atoms with Crippen LogP contribution in [-0.4, -0.2) is 28.0 Å². The highest BCUT2D eigenvalue weighted by atomic mass is 16.5. The van der Waals surface area contributed by atoms with Gasteiger partial charge in [0.25, 0.3) is 5.91 Å². The Morgan fingerprint density at radius 3 is 2.41 bits per heavy atom. The first kappa shape index (κ1) is 22.2. The predicted molar refractivity (Wildman–Crippen MR) is 141 cm³/mol. The van der Waals surface area contributed by atoms with E-state index in [0.29, 0.717) is 39.0 Å². The molecule has 8 heteroatoms. The van der Waals surface area contributed by atoms with E-state index < -0.39 is 5.63 Å². The van der Waals surface area contributed by atoms with Gasteiger partial charge in [-0.25, -0.2) is 4.79 Å². The molecule has 6 aromatic rings. The lowest BCUT2D eigenvalue weighted by Crippen LogP contribution is -2.11. The number of carbonyl (C=O) groups excluding carboxylic acids is 1. The molecule has 0 saturated heterocycles. The third-order valence-electron chi connectivity index (χ3n) is 6.04. The summed E-state index contributed by atoms with van der Waals surface area (Å²) in [6.45, 7) is 0. The predicted octanol–water partition coefficient (Wildman–Crippen LogP) is 5.45. The number of fused-ring (bicyclic) bond motifs is 2. The molecule has 1 N–H and O–H groups in total. The molecule has 8 nitrogen and oxygen atoms in total. The Hall–Kier alpha value is -5.24. The van der Waals surface area contributed by atoms with Gasteiger partial charge >= 0.3 is 5.63 Å². The summed E-state index contributed by atoms with van der Waals surface area (Å²) in [5.41, 5.74) is 4.42. The van der Waals surface area contributed by atoms with E-state index >= 15 is 0 Å². The first-order valence-electron chi connectivity index (χ1n) is 11.5. The van der Waals surface area contributed by atoms with Crippen molar-refractivity contribution in [1.29, 1.82) is 0 Å². The Bertz CT molecular complexity index is 1820. The van der Waals surface area contributed by atoms with Crippen molar-refractivity contribution < 1.29 is 13.9 Å². The second-order valence-electron chi connectivity index (χ2n) is 8.41. The van der Waals surface area contributed by atoms with Gasteiger partial charge in [-0.05, 0) is 72.3 Å². The van der Waals surface area contributed by atoms with E-state index in [0.717, 1.165) is 16.8 Å². The summed E-state index contributed by atoms with van der Waals surface area (Å²) in [5, 5.41) is 12.8. The molecule has 0 unspecified atom stereocenters. The van der Waals surface area contributed by atoms with Gasteiger partial charge in [0.2, 0.25) is 0 Å². The van der Waals surface area contributed by atoms with Crippen molar-refractivity contribution in [1.82, 2.24) is 15.0 Å². The average Bonchev–Trinajstić information content (AvgIpc) is 3.36. The SMILES string of the molecule is COc1ccc(-n2nc3ccc(NC(=O)c4ccc(-c5cc6ccccc6oc5=O)cc4)cc3n2)cc1. The van der Waals surface area contributed by atoms with E-state index in [2.05, 4.69) is 15.5 Å². The summed E-state index contributed by atoms with van der Waals surface area (Å²) in [7, 11) is 1.61. The van der Waals surface area contributed by atoms with Crippen LogP contribution in [0.25, 0.3) is 38.8 Å². The molecule has 0 radical (unpaired) electrons. The molecule has 0 aliphatic heterocycles. The monoisotopic (exact) mass is 488 g/mol. The Labute approximate surface area is 210 Å². The topological polar surface area (TPSA) is 99.2 Å². The molecule has 0 bridgehead atoms. The van der Waals surface area contributed by atoms with Gasteiger partial charge in [-0.15, -0.1) is 10.2 Å². The highest BCUT2D eigenvalue weighted by Crippen LogP contribution is 2.23. The van der Waals surface area contributed by atoms with Crippen molar-refractivity contribution >= 4 is 33.6 Å². The van der Waals surface area contributed by atoms with Crippen LogP contribution in [-0.2, 0) is 0 Å². The zero-order chi connectivity index (χ0) is 25.4. The van der Waals surface area contributed by atoms with Crippen LogP contribution in [0.1, 0.15) is 10.4 Å². The fourth-order valence-corrected chi connectivity index (χ4v) is 4.09. The van der Waals surface area contributed by atoms with E-state index in [4.69, 9.17) is 9.15 Å². The van der Waals surface area contributed by atoms with Crippen LogP contribution in [0.15, 0.2) is 106 Å². The van der Waals surface area contributed by atoms with Crippen LogP contribution >= 0.6 is 0 Å². The van der Waals surface area contributed by atoms with Gasteiger partial charge in [0.15, 0.2) is 0 Å². The summed E-state index contributed by atoms with van der Waals surface area (Å²) in [6, 6.07) is 28.7. The number of methoxy groups -OCH3 is 1. The van der Waals surface area contributed by atoms with E-state index in [1.807, 2.05) is 42.5 Å². The zero-order valence-corrected chi connectivity index (χ0v) is 19.7. The van der Waals surface area contributed by atoms with Crippen LogP contribution < -0.4 is 15.7 Å². The van der Waals surface area contributed by atoms with E-state index in [-0.39, 0.29) is 5.91 Å². The highest BCUT2D eigenvalue weighted by molar-refractivity contribution is 6.05. The molecule has 2 heterocycles. The lowest BCUT2D eigenvalue weighted by Gasteiger charge is -2.07. The number of anilines is 1. The fourth-order valence-electron chi connectivity index (χ4n) is 4.09. The van der Waals surface area contributed by atoms with Crippen molar-refractivity contribution in [2.75, 3.05) is 12.4 Å². The number of ether oxygens (including phenoxy) is 1. The molecular formula is C29H20N4O4.